The zero-order valence-corrected chi connectivity index (χ0v) is 10.5. The molecule has 0 radical (unpaired) electrons. The van der Waals surface area contributed by atoms with Crippen LogP contribution in [0.25, 0.3) is 0 Å². The highest BCUT2D eigenvalue weighted by molar-refractivity contribution is 5.81. The molecule has 1 aliphatic heterocycles. The maximum Gasteiger partial charge on any atom is 0.249 e. The third-order valence-corrected chi connectivity index (χ3v) is 3.00. The summed E-state index contributed by atoms with van der Waals surface area (Å²) in [5.74, 6) is -0.0362. The summed E-state index contributed by atoms with van der Waals surface area (Å²) in [5.41, 5.74) is -0.0446. The van der Waals surface area contributed by atoms with Crippen LogP contribution in [0.15, 0.2) is 0 Å². The van der Waals surface area contributed by atoms with Crippen LogP contribution in [0.4, 0.5) is 0 Å². The number of hydrogen-bond acceptors (Lipinski definition) is 3. The third kappa shape index (κ3) is 3.76. The molecule has 1 amide bonds. The molecule has 0 aromatic heterocycles. The van der Waals surface area contributed by atoms with E-state index in [0.717, 1.165) is 12.8 Å². The molecule has 4 heteroatoms. The van der Waals surface area contributed by atoms with E-state index >= 15 is 0 Å². The van der Waals surface area contributed by atoms with Gasteiger partial charge in [0, 0.05) is 19.3 Å². The fourth-order valence-electron chi connectivity index (χ4n) is 1.90. The summed E-state index contributed by atoms with van der Waals surface area (Å²) in [7, 11) is 0. The first kappa shape index (κ1) is 13.5. The highest BCUT2D eigenvalue weighted by Gasteiger charge is 2.30. The van der Waals surface area contributed by atoms with Crippen LogP contribution >= 0.6 is 0 Å². The summed E-state index contributed by atoms with van der Waals surface area (Å²) < 4.78 is 5.33. The molecule has 0 aromatic rings. The molecule has 1 rings (SSSR count). The number of ether oxygens (including phenoxy) is 1. The summed E-state index contributed by atoms with van der Waals surface area (Å²) >= 11 is 0. The van der Waals surface area contributed by atoms with Crippen LogP contribution < -0.4 is 5.32 Å². The van der Waals surface area contributed by atoms with Gasteiger partial charge in [0.1, 0.15) is 6.10 Å². The van der Waals surface area contributed by atoms with Gasteiger partial charge in [-0.3, -0.25) is 4.79 Å². The third-order valence-electron chi connectivity index (χ3n) is 3.00. The molecule has 94 valence electrons. The first-order valence-electron chi connectivity index (χ1n) is 5.98. The maximum absolute atomic E-state index is 11.9. The number of nitrogens with one attached hydrogen (secondary N) is 1. The number of carbonyl (C=O) groups excluding carboxylic acids is 1. The Morgan fingerprint density at radius 2 is 2.25 bits per heavy atom. The Bertz CT molecular complexity index is 229. The minimum Gasteiger partial charge on any atom is -0.396 e. The molecule has 0 bridgehead atoms. The minimum absolute atomic E-state index is 0.00537. The van der Waals surface area contributed by atoms with Crippen LogP contribution in [0, 0.1) is 5.41 Å². The lowest BCUT2D eigenvalue weighted by Gasteiger charge is -2.31. The van der Waals surface area contributed by atoms with Crippen molar-refractivity contribution in [2.24, 2.45) is 5.41 Å². The molecule has 1 fully saturated rings. The lowest BCUT2D eigenvalue weighted by Crippen LogP contribution is -2.47. The van der Waals surface area contributed by atoms with Crippen LogP contribution in [0.1, 0.15) is 40.0 Å². The predicted molar refractivity (Wildman–Crippen MR) is 62.1 cm³/mol. The average Bonchev–Trinajstić information content (AvgIpc) is 2.68. The van der Waals surface area contributed by atoms with Gasteiger partial charge in [-0.05, 0) is 24.7 Å². The molecule has 4 nitrogen and oxygen atoms in total. The van der Waals surface area contributed by atoms with E-state index in [9.17, 15) is 4.79 Å². The minimum atomic E-state index is -0.288. The lowest BCUT2D eigenvalue weighted by atomic mass is 9.85. The largest absolute Gasteiger partial charge is 0.396 e. The van der Waals surface area contributed by atoms with Crippen molar-refractivity contribution in [3.8, 4) is 0 Å². The van der Waals surface area contributed by atoms with E-state index in [0.29, 0.717) is 13.0 Å². The van der Waals surface area contributed by atoms with Gasteiger partial charge in [-0.15, -0.1) is 0 Å². The van der Waals surface area contributed by atoms with Gasteiger partial charge >= 0.3 is 0 Å². The van der Waals surface area contributed by atoms with Crippen molar-refractivity contribution < 1.29 is 14.6 Å². The molecule has 0 aromatic carbocycles. The summed E-state index contributed by atoms with van der Waals surface area (Å²) in [5, 5.41) is 12.0. The van der Waals surface area contributed by atoms with Gasteiger partial charge in [-0.25, -0.2) is 0 Å². The zero-order valence-electron chi connectivity index (χ0n) is 10.5. The van der Waals surface area contributed by atoms with Gasteiger partial charge in [0.15, 0.2) is 0 Å². The molecule has 0 aliphatic carbocycles. The molecule has 1 heterocycles. The number of aliphatic hydroxyl groups excluding tert-OH is 1. The Balaban J connectivity index is 2.50. The molecular formula is C12H23NO3. The van der Waals surface area contributed by atoms with Crippen LogP contribution in [0.3, 0.4) is 0 Å². The second kappa shape index (κ2) is 5.64. The highest BCUT2D eigenvalue weighted by Crippen LogP contribution is 2.22. The Morgan fingerprint density at radius 1 is 1.56 bits per heavy atom. The standard InChI is InChI=1S/C12H23NO3/c1-12(2,3)10(6-7-14)13-11(15)9-5-4-8-16-9/h9-10,14H,4-8H2,1-3H3,(H,13,15). The quantitative estimate of drug-likeness (QED) is 0.758. The van der Waals surface area contributed by atoms with Crippen molar-refractivity contribution in [1.82, 2.24) is 5.32 Å². The molecule has 1 aliphatic rings. The van der Waals surface area contributed by atoms with E-state index in [1.807, 2.05) is 0 Å². The topological polar surface area (TPSA) is 58.6 Å². The SMILES string of the molecule is CC(C)(C)C(CCO)NC(=O)C1CCCO1. The fraction of sp³-hybridized carbons (Fsp3) is 0.917. The first-order chi connectivity index (χ1) is 7.45. The second-order valence-electron chi connectivity index (χ2n) is 5.44. The first-order valence-corrected chi connectivity index (χ1v) is 5.98. The smallest absolute Gasteiger partial charge is 0.249 e. The van der Waals surface area contributed by atoms with Crippen LogP contribution in [0.5, 0.6) is 0 Å². The van der Waals surface area contributed by atoms with Gasteiger partial charge in [0.05, 0.1) is 0 Å². The van der Waals surface area contributed by atoms with Gasteiger partial charge in [-0.1, -0.05) is 20.8 Å². The predicted octanol–water partition coefficient (Wildman–Crippen LogP) is 1.08. The van der Waals surface area contributed by atoms with Gasteiger partial charge in [0.2, 0.25) is 5.91 Å². The number of rotatable bonds is 4. The number of carbonyl (C=O) groups is 1. The Morgan fingerprint density at radius 3 is 2.69 bits per heavy atom. The van der Waals surface area contributed by atoms with E-state index in [4.69, 9.17) is 9.84 Å². The molecule has 2 atom stereocenters. The van der Waals surface area contributed by atoms with Gasteiger partial charge in [-0.2, -0.15) is 0 Å². The zero-order chi connectivity index (χ0) is 12.2. The van der Waals surface area contributed by atoms with E-state index < -0.39 is 0 Å². The lowest BCUT2D eigenvalue weighted by molar-refractivity contribution is -0.131. The maximum atomic E-state index is 11.9. The van der Waals surface area contributed by atoms with Crippen molar-refractivity contribution >= 4 is 5.91 Å². The van der Waals surface area contributed by atoms with Crippen LogP contribution in [-0.2, 0) is 9.53 Å². The summed E-state index contributed by atoms with van der Waals surface area (Å²) in [6, 6.07) is -0.00537. The second-order valence-corrected chi connectivity index (χ2v) is 5.44. The monoisotopic (exact) mass is 229 g/mol. The molecule has 1 saturated heterocycles. The van der Waals surface area contributed by atoms with Gasteiger partial charge in [0.25, 0.3) is 0 Å². The average molecular weight is 229 g/mol. The summed E-state index contributed by atoms with van der Waals surface area (Å²) in [6.07, 6.45) is 2.06. The number of amides is 1. The van der Waals surface area contributed by atoms with Crippen molar-refractivity contribution in [2.75, 3.05) is 13.2 Å². The van der Waals surface area contributed by atoms with Crippen molar-refractivity contribution in [1.29, 1.82) is 0 Å². The molecule has 16 heavy (non-hydrogen) atoms. The Hall–Kier alpha value is -0.610. The highest BCUT2D eigenvalue weighted by atomic mass is 16.5. The summed E-state index contributed by atoms with van der Waals surface area (Å²) in [4.78, 5) is 11.9. The van der Waals surface area contributed by atoms with E-state index in [-0.39, 0.29) is 30.1 Å². The number of hydrogen-bond donors (Lipinski definition) is 2. The van der Waals surface area contributed by atoms with Gasteiger partial charge < -0.3 is 15.2 Å². The molecule has 2 unspecified atom stereocenters. The van der Waals surface area contributed by atoms with E-state index in [1.165, 1.54) is 0 Å². The molecule has 0 spiro atoms. The van der Waals surface area contributed by atoms with Crippen LogP contribution in [0.2, 0.25) is 0 Å². The van der Waals surface area contributed by atoms with Crippen molar-refractivity contribution in [3.63, 3.8) is 0 Å². The van der Waals surface area contributed by atoms with Crippen LogP contribution in [-0.4, -0.2) is 36.4 Å². The van der Waals surface area contributed by atoms with E-state index in [1.54, 1.807) is 0 Å². The molecular weight excluding hydrogens is 206 g/mol. The van der Waals surface area contributed by atoms with E-state index in [2.05, 4.69) is 26.1 Å². The Kier molecular flexibility index (Phi) is 4.74. The van der Waals surface area contributed by atoms with Crippen molar-refractivity contribution in [2.45, 2.75) is 52.2 Å². The number of aliphatic hydroxyl groups is 1. The Labute approximate surface area is 97.4 Å². The molecule has 0 saturated carbocycles. The summed E-state index contributed by atoms with van der Waals surface area (Å²) in [6.45, 7) is 6.95. The fourth-order valence-corrected chi connectivity index (χ4v) is 1.90. The van der Waals surface area contributed by atoms with Crippen molar-refractivity contribution in [3.05, 3.63) is 0 Å². The molecule has 2 N–H and O–H groups in total. The normalized spacial score (nSPS) is 23.1.